The zero-order valence-corrected chi connectivity index (χ0v) is 24.1. The lowest BCUT2D eigenvalue weighted by Crippen LogP contribution is -2.37. The van der Waals surface area contributed by atoms with Gasteiger partial charge in [-0.25, -0.2) is 9.59 Å². The minimum absolute atomic E-state index is 0.317. The second-order valence-electron chi connectivity index (χ2n) is 10.6. The zero-order chi connectivity index (χ0) is 28.7. The number of pyridine rings is 1. The van der Waals surface area contributed by atoms with Gasteiger partial charge in [0.05, 0.1) is 23.8 Å². The minimum atomic E-state index is -0.562. The molecule has 0 radical (unpaired) electrons. The van der Waals surface area contributed by atoms with Crippen LogP contribution in [0.2, 0.25) is 0 Å². The second kappa shape index (κ2) is 11.1. The first-order valence-corrected chi connectivity index (χ1v) is 14.6. The van der Waals surface area contributed by atoms with E-state index < -0.39 is 24.5 Å². The van der Waals surface area contributed by atoms with Crippen molar-refractivity contribution in [3.05, 3.63) is 82.0 Å². The minimum Gasteiger partial charge on any atom is -0.465 e. The average molecular weight is 570 g/mol. The number of fused-ring (bicyclic) bond motifs is 5. The Morgan fingerprint density at radius 3 is 2.56 bits per heavy atom. The van der Waals surface area contributed by atoms with Crippen LogP contribution < -0.4 is 5.32 Å². The highest BCUT2D eigenvalue weighted by molar-refractivity contribution is 7.20. The van der Waals surface area contributed by atoms with E-state index in [-0.39, 0.29) is 0 Å². The number of hydrogen-bond acceptors (Lipinski definition) is 8. The van der Waals surface area contributed by atoms with Crippen LogP contribution in [-0.4, -0.2) is 54.0 Å². The molecule has 9 heteroatoms. The summed E-state index contributed by atoms with van der Waals surface area (Å²) in [5, 5.41) is 3.93. The van der Waals surface area contributed by atoms with Gasteiger partial charge >= 0.3 is 11.9 Å². The molecule has 0 bridgehead atoms. The molecule has 3 heterocycles. The molecule has 6 rings (SSSR count). The number of benzene rings is 2. The molecule has 8 nitrogen and oxygen atoms in total. The molecule has 1 aliphatic heterocycles. The molecular weight excluding hydrogens is 538 g/mol. The molecule has 0 saturated heterocycles. The molecular formula is C32H31N3O5S. The molecule has 0 atom stereocenters. The van der Waals surface area contributed by atoms with Crippen molar-refractivity contribution in [3.8, 4) is 10.4 Å². The summed E-state index contributed by atoms with van der Waals surface area (Å²) in [5.41, 5.74) is 6.43. The Balaban J connectivity index is 1.26. The first-order chi connectivity index (χ1) is 19.9. The number of carbonyl (C=O) groups excluding carboxylic acids is 3. The van der Waals surface area contributed by atoms with Gasteiger partial charge in [0.15, 0.2) is 6.61 Å². The lowest BCUT2D eigenvalue weighted by atomic mass is 9.89. The van der Waals surface area contributed by atoms with Gasteiger partial charge in [-0.1, -0.05) is 42.5 Å². The van der Waals surface area contributed by atoms with Gasteiger partial charge < -0.3 is 14.8 Å². The number of aromatic nitrogens is 1. The van der Waals surface area contributed by atoms with E-state index in [1.165, 1.54) is 24.0 Å². The van der Waals surface area contributed by atoms with Gasteiger partial charge in [-0.3, -0.25) is 14.7 Å². The number of esters is 2. The molecule has 1 N–H and O–H groups in total. The van der Waals surface area contributed by atoms with E-state index in [1.54, 1.807) is 0 Å². The molecule has 2 aromatic carbocycles. The molecule has 0 spiro atoms. The third-order valence-electron chi connectivity index (χ3n) is 7.90. The Bertz CT molecular complexity index is 1690. The first kappa shape index (κ1) is 27.1. The summed E-state index contributed by atoms with van der Waals surface area (Å²) >= 11 is 1.34. The monoisotopic (exact) mass is 569 g/mol. The molecule has 2 aliphatic rings. The number of anilines is 1. The van der Waals surface area contributed by atoms with Crippen LogP contribution in [0.1, 0.15) is 56.9 Å². The predicted octanol–water partition coefficient (Wildman–Crippen LogP) is 5.41. The fraction of sp³-hybridized carbons (Fsp3) is 0.312. The number of methoxy groups -OCH3 is 1. The van der Waals surface area contributed by atoms with Gasteiger partial charge in [0.2, 0.25) is 0 Å². The molecule has 4 aromatic rings. The number of nitrogens with zero attached hydrogens (tertiary/aromatic N) is 2. The third kappa shape index (κ3) is 5.00. The Kier molecular flexibility index (Phi) is 7.32. The smallest absolute Gasteiger partial charge is 0.341 e. The van der Waals surface area contributed by atoms with E-state index in [0.29, 0.717) is 40.5 Å². The maximum Gasteiger partial charge on any atom is 0.341 e. The van der Waals surface area contributed by atoms with Crippen LogP contribution in [0, 0.1) is 0 Å². The van der Waals surface area contributed by atoms with Crippen molar-refractivity contribution < 1.29 is 23.9 Å². The molecule has 41 heavy (non-hydrogen) atoms. The number of rotatable bonds is 6. The van der Waals surface area contributed by atoms with Gasteiger partial charge in [0.25, 0.3) is 5.91 Å². The third-order valence-corrected chi connectivity index (χ3v) is 9.08. The van der Waals surface area contributed by atoms with Crippen molar-refractivity contribution in [2.45, 2.75) is 45.7 Å². The van der Waals surface area contributed by atoms with Crippen LogP contribution in [0.5, 0.6) is 0 Å². The van der Waals surface area contributed by atoms with E-state index >= 15 is 0 Å². The normalized spacial score (nSPS) is 14.2. The van der Waals surface area contributed by atoms with Crippen molar-refractivity contribution in [3.63, 3.8) is 0 Å². The fourth-order valence-corrected chi connectivity index (χ4v) is 7.11. The number of ether oxygens (including phenoxy) is 2. The van der Waals surface area contributed by atoms with Crippen molar-refractivity contribution in [2.24, 2.45) is 0 Å². The van der Waals surface area contributed by atoms with Crippen LogP contribution in [-0.2, 0) is 40.1 Å². The van der Waals surface area contributed by atoms with Crippen LogP contribution in [0.25, 0.3) is 21.3 Å². The van der Waals surface area contributed by atoms with Crippen LogP contribution in [0.3, 0.4) is 0 Å². The molecule has 1 aliphatic carbocycles. The highest BCUT2D eigenvalue weighted by Gasteiger charge is 2.31. The number of carbonyl (C=O) groups is 3. The summed E-state index contributed by atoms with van der Waals surface area (Å²) in [6.45, 7) is 5.23. The Labute approximate surface area is 242 Å². The van der Waals surface area contributed by atoms with Crippen LogP contribution in [0.15, 0.2) is 48.5 Å². The fourth-order valence-electron chi connectivity index (χ4n) is 5.80. The standard InChI is InChI=1S/C32H31N3O5S/c1-18(2)35-15-14-25-23(16-35)27(21-10-6-7-11-24(21)33-25)32(38)40-17-26(36)34-30-28(31(37)39-3)22-13-12-19-8-4-5-9-20(19)29(22)41-30/h4-11,18H,12-17H2,1-3H3,(H,34,36). The number of hydrogen-bond donors (Lipinski definition) is 1. The number of aryl methyl sites for hydroxylation is 1. The lowest BCUT2D eigenvalue weighted by molar-refractivity contribution is -0.119. The summed E-state index contributed by atoms with van der Waals surface area (Å²) in [4.78, 5) is 47.5. The number of nitrogens with one attached hydrogen (secondary N) is 1. The molecule has 0 fully saturated rings. The highest BCUT2D eigenvalue weighted by Crippen LogP contribution is 2.45. The number of para-hydroxylation sites is 1. The quantitative estimate of drug-likeness (QED) is 0.310. The Morgan fingerprint density at radius 2 is 1.76 bits per heavy atom. The van der Waals surface area contributed by atoms with Gasteiger partial charge in [0.1, 0.15) is 5.00 Å². The summed E-state index contributed by atoms with van der Waals surface area (Å²) < 4.78 is 10.7. The molecule has 1 amide bonds. The van der Waals surface area contributed by atoms with Gasteiger partial charge in [-0.15, -0.1) is 11.3 Å². The Hall–Kier alpha value is -4.08. The zero-order valence-electron chi connectivity index (χ0n) is 23.3. The summed E-state index contributed by atoms with van der Waals surface area (Å²) in [6, 6.07) is 15.9. The van der Waals surface area contributed by atoms with E-state index in [2.05, 4.69) is 30.1 Å². The van der Waals surface area contributed by atoms with Crippen LogP contribution >= 0.6 is 11.3 Å². The molecule has 210 valence electrons. The maximum absolute atomic E-state index is 13.6. The van der Waals surface area contributed by atoms with Gasteiger partial charge in [-0.2, -0.15) is 0 Å². The molecule has 0 unspecified atom stereocenters. The lowest BCUT2D eigenvalue weighted by Gasteiger charge is -2.32. The summed E-state index contributed by atoms with van der Waals surface area (Å²) in [5.74, 6) is -1.58. The second-order valence-corrected chi connectivity index (χ2v) is 11.7. The highest BCUT2D eigenvalue weighted by atomic mass is 32.1. The summed E-state index contributed by atoms with van der Waals surface area (Å²) in [7, 11) is 1.33. The van der Waals surface area contributed by atoms with Crippen molar-refractivity contribution in [1.82, 2.24) is 9.88 Å². The number of amides is 1. The first-order valence-electron chi connectivity index (χ1n) is 13.8. The van der Waals surface area contributed by atoms with E-state index in [9.17, 15) is 14.4 Å². The molecule has 0 saturated carbocycles. The van der Waals surface area contributed by atoms with E-state index in [1.807, 2.05) is 42.5 Å². The van der Waals surface area contributed by atoms with Crippen molar-refractivity contribution in [1.29, 1.82) is 0 Å². The van der Waals surface area contributed by atoms with Crippen molar-refractivity contribution in [2.75, 3.05) is 25.6 Å². The van der Waals surface area contributed by atoms with E-state index in [4.69, 9.17) is 14.5 Å². The summed E-state index contributed by atoms with van der Waals surface area (Å²) in [6.07, 6.45) is 2.21. The van der Waals surface area contributed by atoms with Crippen molar-refractivity contribution >= 4 is 45.1 Å². The van der Waals surface area contributed by atoms with Gasteiger partial charge in [0, 0.05) is 47.1 Å². The van der Waals surface area contributed by atoms with E-state index in [0.717, 1.165) is 52.2 Å². The largest absolute Gasteiger partial charge is 0.465 e. The average Bonchev–Trinajstić information content (AvgIpc) is 3.36. The van der Waals surface area contributed by atoms with Gasteiger partial charge in [-0.05, 0) is 49.4 Å². The Morgan fingerprint density at radius 1 is 0.976 bits per heavy atom. The molecule has 2 aromatic heterocycles. The number of thiophene rings is 1. The predicted molar refractivity (Wildman–Crippen MR) is 158 cm³/mol. The maximum atomic E-state index is 13.6. The topological polar surface area (TPSA) is 97.8 Å². The van der Waals surface area contributed by atoms with Crippen LogP contribution in [0.4, 0.5) is 5.00 Å². The SMILES string of the molecule is COC(=O)c1c(NC(=O)COC(=O)c2c3c(nc4ccccc24)CCN(C(C)C)C3)sc2c1CCc1ccccc1-2.